The Labute approximate surface area is 145 Å². The fourth-order valence-corrected chi connectivity index (χ4v) is 1.52. The highest BCUT2D eigenvalue weighted by molar-refractivity contribution is 4.90. The van der Waals surface area contributed by atoms with Crippen molar-refractivity contribution >= 4 is 0 Å². The van der Waals surface area contributed by atoms with Gasteiger partial charge in [-0.15, -0.1) is 0 Å². The van der Waals surface area contributed by atoms with E-state index in [1.165, 1.54) is 0 Å². The van der Waals surface area contributed by atoms with Gasteiger partial charge in [-0.25, -0.2) is 0 Å². The molecule has 8 nitrogen and oxygen atoms in total. The Morgan fingerprint density at radius 1 is 0.583 bits per heavy atom. The van der Waals surface area contributed by atoms with Crippen LogP contribution in [0.5, 0.6) is 0 Å². The molecule has 0 saturated heterocycles. The van der Waals surface area contributed by atoms with Crippen LogP contribution in [0.2, 0.25) is 0 Å². The number of aliphatic hydroxyl groups is 4. The van der Waals surface area contributed by atoms with E-state index in [1.54, 1.807) is 13.8 Å². The van der Waals surface area contributed by atoms with Crippen molar-refractivity contribution in [2.45, 2.75) is 63.7 Å². The first kappa shape index (κ1) is 23.4. The highest BCUT2D eigenvalue weighted by atomic mass is 16.3. The summed E-state index contributed by atoms with van der Waals surface area (Å²) in [5.41, 5.74) is -2.54. The summed E-state index contributed by atoms with van der Waals surface area (Å²) in [6, 6.07) is 0. The first-order chi connectivity index (χ1) is 10.9. The van der Waals surface area contributed by atoms with Crippen molar-refractivity contribution < 1.29 is 20.4 Å². The van der Waals surface area contributed by atoms with E-state index in [0.29, 0.717) is 13.1 Å². The molecule has 0 atom stereocenters. The van der Waals surface area contributed by atoms with Crippen molar-refractivity contribution in [3.05, 3.63) is 0 Å². The van der Waals surface area contributed by atoms with Gasteiger partial charge in [-0.2, -0.15) is 10.2 Å². The Balaban J connectivity index is 4.71. The summed E-state index contributed by atoms with van der Waals surface area (Å²) < 4.78 is 0. The van der Waals surface area contributed by atoms with Crippen molar-refractivity contribution in [2.24, 2.45) is 10.2 Å². The molecule has 144 valence electrons. The van der Waals surface area contributed by atoms with Gasteiger partial charge in [0.2, 0.25) is 0 Å². The average molecular weight is 348 g/mol. The van der Waals surface area contributed by atoms with Crippen molar-refractivity contribution in [1.82, 2.24) is 10.6 Å². The molecule has 0 saturated carbocycles. The fourth-order valence-electron chi connectivity index (χ4n) is 1.52. The maximum Gasteiger partial charge on any atom is 0.0884 e. The molecule has 0 unspecified atom stereocenters. The van der Waals surface area contributed by atoms with Crippen LogP contribution in [0.15, 0.2) is 10.2 Å². The van der Waals surface area contributed by atoms with E-state index in [-0.39, 0.29) is 26.4 Å². The van der Waals surface area contributed by atoms with Crippen molar-refractivity contribution in [3.63, 3.8) is 0 Å². The normalized spacial score (nSPS) is 14.6. The molecule has 0 amide bonds. The number of rotatable bonds is 12. The molecule has 0 radical (unpaired) electrons. The van der Waals surface area contributed by atoms with Crippen LogP contribution in [0.4, 0.5) is 0 Å². The summed E-state index contributed by atoms with van der Waals surface area (Å²) in [6.45, 7) is 11.3. The molecule has 0 fully saturated rings. The molecule has 0 aromatic heterocycles. The summed E-state index contributed by atoms with van der Waals surface area (Å²) in [5.74, 6) is 0. The van der Waals surface area contributed by atoms with Crippen LogP contribution in [0.3, 0.4) is 0 Å². The van der Waals surface area contributed by atoms with Crippen LogP contribution in [0, 0.1) is 0 Å². The Kier molecular flexibility index (Phi) is 8.92. The number of hydrogen-bond donors (Lipinski definition) is 6. The molecule has 0 aliphatic heterocycles. The quantitative estimate of drug-likeness (QED) is 0.268. The first-order valence-corrected chi connectivity index (χ1v) is 8.24. The van der Waals surface area contributed by atoms with E-state index in [9.17, 15) is 20.4 Å². The van der Waals surface area contributed by atoms with Crippen LogP contribution >= 0.6 is 0 Å². The second kappa shape index (κ2) is 9.17. The van der Waals surface area contributed by atoms with Gasteiger partial charge in [0.1, 0.15) is 0 Å². The minimum absolute atomic E-state index is 0.174. The summed E-state index contributed by atoms with van der Waals surface area (Å²) in [7, 11) is 0. The zero-order chi connectivity index (χ0) is 19.1. The van der Waals surface area contributed by atoms with E-state index in [1.807, 2.05) is 27.7 Å². The molecular formula is C16H36N4O4. The van der Waals surface area contributed by atoms with Crippen molar-refractivity contribution in [1.29, 1.82) is 0 Å². The van der Waals surface area contributed by atoms with Gasteiger partial charge in [0.05, 0.1) is 48.6 Å². The molecule has 0 heterocycles. The zero-order valence-electron chi connectivity index (χ0n) is 15.9. The number of nitrogens with zero attached hydrogens (tertiary/aromatic N) is 2. The van der Waals surface area contributed by atoms with Gasteiger partial charge in [0.15, 0.2) is 0 Å². The lowest BCUT2D eigenvalue weighted by Gasteiger charge is -2.32. The van der Waals surface area contributed by atoms with Crippen LogP contribution in [-0.2, 0) is 0 Å². The van der Waals surface area contributed by atoms with Gasteiger partial charge in [0.25, 0.3) is 0 Å². The Morgan fingerprint density at radius 3 is 1.04 bits per heavy atom. The highest BCUT2D eigenvalue weighted by Gasteiger charge is 2.29. The summed E-state index contributed by atoms with van der Waals surface area (Å²) in [4.78, 5) is 0. The molecule has 0 spiro atoms. The topological polar surface area (TPSA) is 130 Å². The van der Waals surface area contributed by atoms with Crippen LogP contribution in [0.25, 0.3) is 0 Å². The number of hydrogen-bond acceptors (Lipinski definition) is 8. The third kappa shape index (κ3) is 8.46. The molecule has 0 aliphatic carbocycles. The van der Waals surface area contributed by atoms with E-state index < -0.39 is 22.2 Å². The lowest BCUT2D eigenvalue weighted by Crippen LogP contribution is -2.53. The van der Waals surface area contributed by atoms with Gasteiger partial charge < -0.3 is 31.1 Å². The smallest absolute Gasteiger partial charge is 0.0884 e. The molecule has 0 bridgehead atoms. The standard InChI is InChI=1S/C16H36N4O4/c1-13(2,7-17-15(5,9-21)10-22)19-20-14(3,4)8-18-16(6,11-23)12-24/h17-18,21-24H,7-12H2,1-6H3. The molecule has 0 rings (SSSR count). The molecule has 0 aromatic carbocycles. The van der Waals surface area contributed by atoms with Crippen LogP contribution < -0.4 is 10.6 Å². The average Bonchev–Trinajstić information content (AvgIpc) is 2.56. The lowest BCUT2D eigenvalue weighted by atomic mass is 10.0. The number of azo groups is 1. The van der Waals surface area contributed by atoms with E-state index in [2.05, 4.69) is 20.9 Å². The minimum Gasteiger partial charge on any atom is -0.394 e. The van der Waals surface area contributed by atoms with Crippen LogP contribution in [-0.4, -0.2) is 82.1 Å². The Hall–Kier alpha value is -0.640. The Morgan fingerprint density at radius 2 is 0.833 bits per heavy atom. The molecule has 24 heavy (non-hydrogen) atoms. The van der Waals surface area contributed by atoms with Gasteiger partial charge in [-0.3, -0.25) is 0 Å². The van der Waals surface area contributed by atoms with Gasteiger partial charge in [-0.1, -0.05) is 0 Å². The zero-order valence-corrected chi connectivity index (χ0v) is 15.9. The summed E-state index contributed by atoms with van der Waals surface area (Å²) in [5, 5.41) is 52.2. The van der Waals surface area contributed by atoms with Gasteiger partial charge >= 0.3 is 0 Å². The Bertz CT molecular complexity index is 356. The van der Waals surface area contributed by atoms with Gasteiger partial charge in [-0.05, 0) is 41.5 Å². The molecule has 0 aliphatic rings. The van der Waals surface area contributed by atoms with Crippen molar-refractivity contribution in [3.8, 4) is 0 Å². The summed E-state index contributed by atoms with van der Waals surface area (Å²) in [6.07, 6.45) is 0. The van der Waals surface area contributed by atoms with Gasteiger partial charge in [0, 0.05) is 13.1 Å². The van der Waals surface area contributed by atoms with E-state index >= 15 is 0 Å². The molecule has 8 heteroatoms. The highest BCUT2D eigenvalue weighted by Crippen LogP contribution is 2.17. The predicted molar refractivity (Wildman–Crippen MR) is 94.2 cm³/mol. The second-order valence-electron chi connectivity index (χ2n) is 8.29. The van der Waals surface area contributed by atoms with Crippen molar-refractivity contribution in [2.75, 3.05) is 39.5 Å². The predicted octanol–water partition coefficient (Wildman–Crippen LogP) is -0.338. The maximum atomic E-state index is 9.31. The largest absolute Gasteiger partial charge is 0.394 e. The monoisotopic (exact) mass is 348 g/mol. The van der Waals surface area contributed by atoms with Crippen LogP contribution in [0.1, 0.15) is 41.5 Å². The number of nitrogens with one attached hydrogen (secondary N) is 2. The lowest BCUT2D eigenvalue weighted by molar-refractivity contribution is 0.0978. The fraction of sp³-hybridized carbons (Fsp3) is 1.00. The maximum absolute atomic E-state index is 9.31. The third-order valence-corrected chi connectivity index (χ3v) is 3.88. The third-order valence-electron chi connectivity index (χ3n) is 3.88. The second-order valence-corrected chi connectivity index (χ2v) is 8.29. The molecular weight excluding hydrogens is 312 g/mol. The molecule has 6 N–H and O–H groups in total. The molecule has 0 aromatic rings. The number of aliphatic hydroxyl groups excluding tert-OH is 4. The van der Waals surface area contributed by atoms with E-state index in [0.717, 1.165) is 0 Å². The van der Waals surface area contributed by atoms with E-state index in [4.69, 9.17) is 0 Å². The summed E-state index contributed by atoms with van der Waals surface area (Å²) >= 11 is 0. The first-order valence-electron chi connectivity index (χ1n) is 8.24. The SMILES string of the molecule is CC(C)(CNC(C)(CO)CO)N=NC(C)(C)CNC(C)(CO)CO. The minimum atomic E-state index is -0.756.